The number of fused-ring (bicyclic) bond motifs is 1. The number of nitrogens with zero attached hydrogens (tertiary/aromatic N) is 1. The number of alkyl carbamates (subject to hydrolysis) is 1. The molecule has 0 spiro atoms. The Bertz CT molecular complexity index is 1010. The van der Waals surface area contributed by atoms with Gasteiger partial charge in [0.1, 0.15) is 17.7 Å². The largest absolute Gasteiger partial charge is 0.482 e. The van der Waals surface area contributed by atoms with Gasteiger partial charge in [0.05, 0.1) is 17.6 Å². The molecule has 0 aromatic carbocycles. The number of hydrogen-bond acceptors (Lipinski definition) is 6. The normalized spacial score (nSPS) is 40.4. The molecule has 3 saturated carbocycles. The van der Waals surface area contributed by atoms with E-state index in [9.17, 15) is 14.4 Å². The van der Waals surface area contributed by atoms with Gasteiger partial charge in [-0.25, -0.2) is 4.79 Å². The summed E-state index contributed by atoms with van der Waals surface area (Å²) >= 11 is 0. The summed E-state index contributed by atoms with van der Waals surface area (Å²) in [6, 6.07) is -1.42. The van der Waals surface area contributed by atoms with Crippen molar-refractivity contribution in [3.63, 3.8) is 0 Å². The van der Waals surface area contributed by atoms with E-state index in [1.807, 2.05) is 19.1 Å². The molecule has 210 valence electrons. The van der Waals surface area contributed by atoms with E-state index in [-0.39, 0.29) is 40.8 Å². The molecule has 0 aromatic heterocycles. The van der Waals surface area contributed by atoms with Gasteiger partial charge in [0.25, 0.3) is 0 Å². The van der Waals surface area contributed by atoms with Crippen molar-refractivity contribution in [2.75, 3.05) is 6.54 Å². The number of carbonyl (C=O) groups excluding carboxylic acids is 3. The van der Waals surface area contributed by atoms with Crippen LogP contribution in [0, 0.1) is 23.2 Å². The molecule has 3 aliphatic carbocycles. The average Bonchev–Trinajstić information content (AvgIpc) is 3.36. The van der Waals surface area contributed by atoms with E-state index in [0.717, 1.165) is 12.8 Å². The smallest absolute Gasteiger partial charge is 0.444 e. The highest BCUT2D eigenvalue weighted by Crippen LogP contribution is 2.65. The molecule has 10 heteroatoms. The molecule has 6 aliphatic rings. The maximum Gasteiger partial charge on any atom is 0.482 e. The quantitative estimate of drug-likeness (QED) is 0.421. The van der Waals surface area contributed by atoms with E-state index in [1.165, 1.54) is 0 Å². The van der Waals surface area contributed by atoms with Crippen molar-refractivity contribution in [1.82, 2.24) is 15.5 Å². The summed E-state index contributed by atoms with van der Waals surface area (Å²) in [7, 11) is -0.548. The number of carbonyl (C=O) groups is 3. The van der Waals surface area contributed by atoms with Gasteiger partial charge in [-0.1, -0.05) is 32.9 Å². The second-order valence-electron chi connectivity index (χ2n) is 13.9. The number of amides is 3. The first-order valence-electron chi connectivity index (χ1n) is 14.3. The van der Waals surface area contributed by atoms with Crippen LogP contribution in [-0.2, 0) is 23.6 Å². The standard InChI is InChI=1S/C28H44BN3O6/c1-16-12-19-23(33)31-22(29-37-21-14-17-13-20(27(17,5)6)28(21,7)38-29)11-9-8-10-18(24(34)32(19)15-16)30-25(35)36-26(2,3)4/h8-9,16-22H,10-15H2,1-7H3,(H,30,35)(H,31,33). The molecule has 6 rings (SSSR count). The maximum absolute atomic E-state index is 13.6. The van der Waals surface area contributed by atoms with Crippen molar-refractivity contribution in [1.29, 1.82) is 0 Å². The fourth-order valence-corrected chi connectivity index (χ4v) is 7.47. The lowest BCUT2D eigenvalue weighted by Crippen LogP contribution is -2.65. The Kier molecular flexibility index (Phi) is 6.90. The zero-order valence-corrected chi connectivity index (χ0v) is 23.9. The van der Waals surface area contributed by atoms with Crippen LogP contribution in [0.15, 0.2) is 12.2 Å². The monoisotopic (exact) mass is 529 g/mol. The van der Waals surface area contributed by atoms with Crippen molar-refractivity contribution in [2.45, 2.75) is 116 Å². The van der Waals surface area contributed by atoms with Crippen molar-refractivity contribution >= 4 is 25.0 Å². The molecule has 0 radical (unpaired) electrons. The molecule has 2 bridgehead atoms. The molecule has 3 amide bonds. The van der Waals surface area contributed by atoms with Crippen LogP contribution in [0.25, 0.3) is 0 Å². The van der Waals surface area contributed by atoms with Gasteiger partial charge in [-0.05, 0) is 83.0 Å². The van der Waals surface area contributed by atoms with E-state index in [4.69, 9.17) is 14.0 Å². The van der Waals surface area contributed by atoms with E-state index in [1.54, 1.807) is 25.7 Å². The summed E-state index contributed by atoms with van der Waals surface area (Å²) in [5, 5.41) is 5.93. The highest BCUT2D eigenvalue weighted by atomic mass is 16.7. The fraction of sp³-hybridized carbons (Fsp3) is 0.821. The third-order valence-electron chi connectivity index (χ3n) is 9.64. The Labute approximate surface area is 226 Å². The maximum atomic E-state index is 13.6. The number of ether oxygens (including phenoxy) is 1. The van der Waals surface area contributed by atoms with Gasteiger partial charge in [-0.15, -0.1) is 0 Å². The molecule has 3 heterocycles. The first kappa shape index (κ1) is 27.5. The van der Waals surface area contributed by atoms with Crippen LogP contribution in [0.3, 0.4) is 0 Å². The van der Waals surface area contributed by atoms with E-state index < -0.39 is 30.9 Å². The summed E-state index contributed by atoms with van der Waals surface area (Å²) in [6.07, 6.45) is 6.74. The van der Waals surface area contributed by atoms with Gasteiger partial charge >= 0.3 is 13.2 Å². The summed E-state index contributed by atoms with van der Waals surface area (Å²) in [4.78, 5) is 41.4. The second-order valence-corrected chi connectivity index (χ2v) is 13.9. The minimum atomic E-state index is -0.812. The first-order valence-corrected chi connectivity index (χ1v) is 14.3. The van der Waals surface area contributed by atoms with Crippen molar-refractivity contribution in [2.24, 2.45) is 23.2 Å². The molecule has 2 N–H and O–H groups in total. The van der Waals surface area contributed by atoms with Crippen LogP contribution < -0.4 is 10.6 Å². The number of hydrogen-bond donors (Lipinski definition) is 2. The minimum Gasteiger partial charge on any atom is -0.444 e. The highest BCUT2D eigenvalue weighted by Gasteiger charge is 2.68. The van der Waals surface area contributed by atoms with Crippen molar-refractivity contribution in [3.8, 4) is 0 Å². The molecule has 5 fully saturated rings. The number of rotatable bonds is 2. The molecule has 2 saturated heterocycles. The SMILES string of the molecule is CC1CC2C(=O)NC(B3OC4CC5CC(C5(C)C)C4(C)O3)CC=CCC(NC(=O)OC(C)(C)C)C(=O)N2C1. The third kappa shape index (κ3) is 4.87. The van der Waals surface area contributed by atoms with Crippen LogP contribution in [-0.4, -0.2) is 71.8 Å². The Morgan fingerprint density at radius 1 is 1.16 bits per heavy atom. The van der Waals surface area contributed by atoms with Gasteiger partial charge in [0, 0.05) is 6.54 Å². The van der Waals surface area contributed by atoms with E-state index >= 15 is 0 Å². The second kappa shape index (κ2) is 9.54. The Morgan fingerprint density at radius 2 is 1.87 bits per heavy atom. The lowest BCUT2D eigenvalue weighted by atomic mass is 9.43. The molecule has 3 aliphatic heterocycles. The van der Waals surface area contributed by atoms with Gasteiger partial charge in [0.15, 0.2) is 0 Å². The molecule has 38 heavy (non-hydrogen) atoms. The molecule has 8 atom stereocenters. The topological polar surface area (TPSA) is 106 Å². The van der Waals surface area contributed by atoms with Crippen LogP contribution in [0.5, 0.6) is 0 Å². The molecular weight excluding hydrogens is 485 g/mol. The van der Waals surface area contributed by atoms with E-state index in [0.29, 0.717) is 37.6 Å². The fourth-order valence-electron chi connectivity index (χ4n) is 7.47. The average molecular weight is 529 g/mol. The Morgan fingerprint density at radius 3 is 2.55 bits per heavy atom. The van der Waals surface area contributed by atoms with Gasteiger partial charge in [0.2, 0.25) is 11.8 Å². The van der Waals surface area contributed by atoms with Crippen LogP contribution in [0.1, 0.15) is 80.6 Å². The van der Waals surface area contributed by atoms with Crippen LogP contribution >= 0.6 is 0 Å². The highest BCUT2D eigenvalue weighted by molar-refractivity contribution is 6.48. The first-order chi connectivity index (χ1) is 17.7. The van der Waals surface area contributed by atoms with Crippen molar-refractivity contribution in [3.05, 3.63) is 12.2 Å². The zero-order chi connectivity index (χ0) is 27.6. The predicted octanol–water partition coefficient (Wildman–Crippen LogP) is 3.22. The summed E-state index contributed by atoms with van der Waals surface area (Å²) in [6.45, 7) is 14.7. The predicted molar refractivity (Wildman–Crippen MR) is 143 cm³/mol. The van der Waals surface area contributed by atoms with E-state index in [2.05, 4.69) is 31.4 Å². The lowest BCUT2D eigenvalue weighted by Gasteiger charge is -2.64. The van der Waals surface area contributed by atoms with Crippen LogP contribution in [0.2, 0.25) is 0 Å². The minimum absolute atomic E-state index is 0.0235. The Balaban J connectivity index is 1.35. The molecule has 9 nitrogen and oxygen atoms in total. The molecular formula is C28H44BN3O6. The van der Waals surface area contributed by atoms with Crippen LogP contribution in [0.4, 0.5) is 4.79 Å². The van der Waals surface area contributed by atoms with Crippen molar-refractivity contribution < 1.29 is 28.4 Å². The Hall–Kier alpha value is -2.07. The summed E-state index contributed by atoms with van der Waals surface area (Å²) in [5.74, 6) is 0.409. The van der Waals surface area contributed by atoms with Gasteiger partial charge < -0.3 is 29.6 Å². The number of nitrogens with one attached hydrogen (secondary N) is 2. The third-order valence-corrected chi connectivity index (χ3v) is 9.64. The zero-order valence-electron chi connectivity index (χ0n) is 23.9. The van der Waals surface area contributed by atoms with Gasteiger partial charge in [-0.3, -0.25) is 9.59 Å². The summed E-state index contributed by atoms with van der Waals surface area (Å²) in [5.41, 5.74) is -0.813. The molecule has 0 aromatic rings. The summed E-state index contributed by atoms with van der Waals surface area (Å²) < 4.78 is 18.6. The van der Waals surface area contributed by atoms with Gasteiger partial charge in [-0.2, -0.15) is 0 Å². The lowest BCUT2D eigenvalue weighted by molar-refractivity contribution is -0.199. The molecule has 8 unspecified atom stereocenters.